The Morgan fingerprint density at radius 3 is 1.94 bits per heavy atom. The molecule has 0 atom stereocenters. The largest absolute Gasteiger partial charge is 0.309 e. The van der Waals surface area contributed by atoms with E-state index in [2.05, 4.69) is 157 Å². The summed E-state index contributed by atoms with van der Waals surface area (Å²) in [7, 11) is 0. The van der Waals surface area contributed by atoms with E-state index in [4.69, 9.17) is 0 Å². The van der Waals surface area contributed by atoms with E-state index >= 15 is 0 Å². The average Bonchev–Trinajstić information content (AvgIpc) is 3.72. The van der Waals surface area contributed by atoms with E-state index in [1.807, 2.05) is 11.3 Å². The van der Waals surface area contributed by atoms with E-state index in [-0.39, 0.29) is 5.41 Å². The van der Waals surface area contributed by atoms with Gasteiger partial charge in [0.15, 0.2) is 0 Å². The van der Waals surface area contributed by atoms with Gasteiger partial charge in [0, 0.05) is 42.2 Å². The Balaban J connectivity index is 1.08. The van der Waals surface area contributed by atoms with Crippen LogP contribution in [0.1, 0.15) is 43.2 Å². The van der Waals surface area contributed by atoms with Gasteiger partial charge in [-0.15, -0.1) is 11.3 Å². The van der Waals surface area contributed by atoms with Gasteiger partial charge >= 0.3 is 0 Å². The minimum absolute atomic E-state index is 0.132. The van der Waals surface area contributed by atoms with E-state index < -0.39 is 0 Å². The predicted molar refractivity (Wildman–Crippen MR) is 220 cm³/mol. The molecule has 4 saturated carbocycles. The Hall–Kier alpha value is -5.18. The second-order valence-electron chi connectivity index (χ2n) is 16.1. The number of fused-ring (bicyclic) bond motifs is 7. The third-order valence-corrected chi connectivity index (χ3v) is 14.9. The molecule has 250 valence electrons. The molecular formula is C50H39NS. The second kappa shape index (κ2) is 10.9. The molecule has 52 heavy (non-hydrogen) atoms. The standard InChI is InChI=1S/C50H39NS/c1-2-12-38-33(10-1)11-7-19-45(38)51(37-24-22-34(23-25-37)39-15-8-16-41-40-13-4-6-21-47(40)52-49(39)41)46-20-9-18-44-48(46)42-14-3-5-17-43(42)50(44)35-27-31-26-32(29-35)30-36(50)28-31/h1-25,31-32,35-36H,26-30H2. The molecule has 7 aromatic carbocycles. The van der Waals surface area contributed by atoms with Crippen LogP contribution in [0.15, 0.2) is 152 Å². The lowest BCUT2D eigenvalue weighted by atomic mass is 9.43. The van der Waals surface area contributed by atoms with Gasteiger partial charge in [0.2, 0.25) is 0 Å². The number of hydrogen-bond acceptors (Lipinski definition) is 2. The molecule has 5 aliphatic carbocycles. The van der Waals surface area contributed by atoms with Crippen LogP contribution in [0, 0.1) is 23.7 Å². The first-order valence-corrected chi connectivity index (χ1v) is 20.1. The SMILES string of the molecule is c1ccc2c(c1)-c1c(N(c3ccc(-c4cccc5c4sc4ccccc45)cc3)c3cccc4ccccc34)cccc1C21C2CC3CC(C2)CC1C3. The zero-order chi connectivity index (χ0) is 34.0. The molecule has 4 bridgehead atoms. The Kier molecular flexibility index (Phi) is 6.17. The molecule has 0 saturated heterocycles. The summed E-state index contributed by atoms with van der Waals surface area (Å²) in [5.41, 5.74) is 12.5. The highest BCUT2D eigenvalue weighted by Gasteiger charge is 2.61. The van der Waals surface area contributed by atoms with E-state index in [0.717, 1.165) is 23.7 Å². The molecule has 1 nitrogen and oxygen atoms in total. The summed E-state index contributed by atoms with van der Waals surface area (Å²) < 4.78 is 2.71. The number of hydrogen-bond donors (Lipinski definition) is 0. The molecule has 4 fully saturated rings. The summed E-state index contributed by atoms with van der Waals surface area (Å²) in [5, 5.41) is 5.23. The first-order valence-electron chi connectivity index (χ1n) is 19.3. The van der Waals surface area contributed by atoms with E-state index in [1.165, 1.54) is 102 Å². The van der Waals surface area contributed by atoms with Crippen molar-refractivity contribution in [2.75, 3.05) is 4.90 Å². The quantitative estimate of drug-likeness (QED) is 0.178. The zero-order valence-electron chi connectivity index (χ0n) is 29.1. The van der Waals surface area contributed by atoms with Crippen LogP contribution < -0.4 is 4.90 Å². The highest BCUT2D eigenvalue weighted by molar-refractivity contribution is 7.26. The van der Waals surface area contributed by atoms with Crippen molar-refractivity contribution in [2.45, 2.75) is 37.5 Å². The van der Waals surface area contributed by atoms with Crippen molar-refractivity contribution in [3.63, 3.8) is 0 Å². The van der Waals surface area contributed by atoms with Crippen molar-refractivity contribution >= 4 is 59.3 Å². The smallest absolute Gasteiger partial charge is 0.0543 e. The summed E-state index contributed by atoms with van der Waals surface area (Å²) in [6, 6.07) is 57.6. The highest BCUT2D eigenvalue weighted by atomic mass is 32.1. The molecule has 1 aromatic heterocycles. The molecule has 2 heteroatoms. The van der Waals surface area contributed by atoms with Crippen LogP contribution in [-0.2, 0) is 5.41 Å². The molecule has 13 rings (SSSR count). The maximum atomic E-state index is 2.58. The van der Waals surface area contributed by atoms with Crippen molar-refractivity contribution in [2.24, 2.45) is 23.7 Å². The van der Waals surface area contributed by atoms with Crippen LogP contribution in [-0.4, -0.2) is 0 Å². The summed E-state index contributed by atoms with van der Waals surface area (Å²) in [6.45, 7) is 0. The maximum Gasteiger partial charge on any atom is 0.0543 e. The Morgan fingerprint density at radius 1 is 0.481 bits per heavy atom. The Labute approximate surface area is 309 Å². The lowest BCUT2D eigenvalue weighted by Crippen LogP contribution is -2.55. The van der Waals surface area contributed by atoms with Crippen molar-refractivity contribution < 1.29 is 0 Å². The fourth-order valence-corrected chi connectivity index (χ4v) is 13.2. The van der Waals surface area contributed by atoms with Crippen LogP contribution in [0.4, 0.5) is 17.1 Å². The monoisotopic (exact) mass is 685 g/mol. The first kappa shape index (κ1) is 29.4. The van der Waals surface area contributed by atoms with Crippen molar-refractivity contribution in [1.82, 2.24) is 0 Å². The number of benzene rings is 7. The van der Waals surface area contributed by atoms with Crippen LogP contribution in [0.3, 0.4) is 0 Å². The van der Waals surface area contributed by atoms with Crippen molar-refractivity contribution in [1.29, 1.82) is 0 Å². The van der Waals surface area contributed by atoms with Gasteiger partial charge in [-0.25, -0.2) is 0 Å². The Bertz CT molecular complexity index is 2680. The Morgan fingerprint density at radius 2 is 1.10 bits per heavy atom. The van der Waals surface area contributed by atoms with Crippen molar-refractivity contribution in [3.8, 4) is 22.3 Å². The lowest BCUT2D eigenvalue weighted by Gasteiger charge is -2.61. The van der Waals surface area contributed by atoms with Gasteiger partial charge in [-0.3, -0.25) is 0 Å². The fourth-order valence-electron chi connectivity index (χ4n) is 11.9. The van der Waals surface area contributed by atoms with Crippen LogP contribution in [0.2, 0.25) is 0 Å². The molecule has 1 heterocycles. The van der Waals surface area contributed by atoms with Crippen LogP contribution in [0.25, 0.3) is 53.2 Å². The highest BCUT2D eigenvalue weighted by Crippen LogP contribution is 2.70. The molecule has 1 spiro atoms. The summed E-state index contributed by atoms with van der Waals surface area (Å²) >= 11 is 1.91. The lowest BCUT2D eigenvalue weighted by molar-refractivity contribution is -0.0399. The maximum absolute atomic E-state index is 2.58. The van der Waals surface area contributed by atoms with E-state index in [0.29, 0.717) is 0 Å². The normalized spacial score (nSPS) is 23.8. The van der Waals surface area contributed by atoms with Gasteiger partial charge in [0.1, 0.15) is 0 Å². The average molecular weight is 686 g/mol. The molecule has 0 aliphatic heterocycles. The van der Waals surface area contributed by atoms with Gasteiger partial charge in [0.25, 0.3) is 0 Å². The van der Waals surface area contributed by atoms with E-state index in [9.17, 15) is 0 Å². The van der Waals surface area contributed by atoms with Crippen LogP contribution in [0.5, 0.6) is 0 Å². The molecular weight excluding hydrogens is 647 g/mol. The molecule has 8 aromatic rings. The summed E-state index contributed by atoms with van der Waals surface area (Å²) in [5.74, 6) is 3.33. The van der Waals surface area contributed by atoms with E-state index in [1.54, 1.807) is 11.1 Å². The predicted octanol–water partition coefficient (Wildman–Crippen LogP) is 14.1. The molecule has 0 amide bonds. The van der Waals surface area contributed by atoms with Gasteiger partial charge in [-0.2, -0.15) is 0 Å². The fraction of sp³-hybridized carbons (Fsp3) is 0.200. The second-order valence-corrected chi connectivity index (χ2v) is 17.1. The van der Waals surface area contributed by atoms with Crippen molar-refractivity contribution in [3.05, 3.63) is 163 Å². The minimum Gasteiger partial charge on any atom is -0.309 e. The number of rotatable bonds is 4. The molecule has 0 radical (unpaired) electrons. The van der Waals surface area contributed by atoms with Gasteiger partial charge < -0.3 is 4.90 Å². The first-order chi connectivity index (χ1) is 25.8. The van der Waals surface area contributed by atoms with Gasteiger partial charge in [-0.1, -0.05) is 121 Å². The molecule has 0 N–H and O–H groups in total. The number of nitrogens with zero attached hydrogens (tertiary/aromatic N) is 1. The molecule has 0 unspecified atom stereocenters. The topological polar surface area (TPSA) is 3.24 Å². The number of anilines is 3. The minimum atomic E-state index is 0.132. The van der Waals surface area contributed by atoms with Gasteiger partial charge in [-0.05, 0) is 119 Å². The third kappa shape index (κ3) is 3.94. The summed E-state index contributed by atoms with van der Waals surface area (Å²) in [6.07, 6.45) is 7.05. The number of thiophene rings is 1. The summed E-state index contributed by atoms with van der Waals surface area (Å²) in [4.78, 5) is 2.58. The third-order valence-electron chi connectivity index (χ3n) is 13.6. The molecule has 5 aliphatic rings. The zero-order valence-corrected chi connectivity index (χ0v) is 30.0. The van der Waals surface area contributed by atoms with Gasteiger partial charge in [0.05, 0.1) is 11.4 Å². The van der Waals surface area contributed by atoms with Crippen LogP contribution >= 0.6 is 11.3 Å².